The van der Waals surface area contributed by atoms with Crippen LogP contribution in [0.2, 0.25) is 0 Å². The van der Waals surface area contributed by atoms with E-state index in [0.717, 1.165) is 37.0 Å². The van der Waals surface area contributed by atoms with E-state index in [1.807, 2.05) is 0 Å². The first-order chi connectivity index (χ1) is 11.6. The number of hydrogen-bond acceptors (Lipinski definition) is 2. The van der Waals surface area contributed by atoms with Crippen molar-refractivity contribution in [2.75, 3.05) is 6.61 Å². The van der Waals surface area contributed by atoms with Crippen molar-refractivity contribution < 1.29 is 9.53 Å². The number of unbranched alkanes of at least 4 members (excludes halogenated alkanes) is 1. The predicted molar refractivity (Wildman–Crippen MR) is 98.8 cm³/mol. The topological polar surface area (TPSA) is 26.3 Å². The Morgan fingerprint density at radius 2 is 1.54 bits per heavy atom. The van der Waals surface area contributed by atoms with Crippen molar-refractivity contribution in [2.45, 2.75) is 104 Å². The molecule has 0 radical (unpaired) electrons. The zero-order chi connectivity index (χ0) is 17.0. The van der Waals surface area contributed by atoms with Crippen molar-refractivity contribution >= 4 is 5.97 Å². The number of carbonyl (C=O) groups is 1. The summed E-state index contributed by atoms with van der Waals surface area (Å²) in [5, 5.41) is 0. The fraction of sp³-hybridized carbons (Fsp3) is 0.955. The van der Waals surface area contributed by atoms with Gasteiger partial charge in [-0.2, -0.15) is 0 Å². The normalized spacial score (nSPS) is 38.9. The predicted octanol–water partition coefficient (Wildman–Crippen LogP) is 6.28. The lowest BCUT2D eigenvalue weighted by Gasteiger charge is -2.57. The van der Waals surface area contributed by atoms with Crippen LogP contribution in [0.25, 0.3) is 0 Å². The van der Waals surface area contributed by atoms with Crippen LogP contribution >= 0.6 is 0 Å². The molecule has 4 aliphatic rings. The van der Waals surface area contributed by atoms with Crippen LogP contribution in [0.4, 0.5) is 0 Å². The average Bonchev–Trinajstić information content (AvgIpc) is 2.63. The molecule has 0 aromatic heterocycles. The van der Waals surface area contributed by atoms with Gasteiger partial charge in [0.1, 0.15) is 0 Å². The van der Waals surface area contributed by atoms with Gasteiger partial charge < -0.3 is 4.74 Å². The van der Waals surface area contributed by atoms with Crippen LogP contribution in [0, 0.1) is 22.7 Å². The zero-order valence-corrected chi connectivity index (χ0v) is 16.1. The van der Waals surface area contributed by atoms with Gasteiger partial charge in [-0.25, -0.2) is 0 Å². The smallest absolute Gasteiger partial charge is 0.308 e. The standard InChI is InChI=1S/C22H38O2/c1-3-5-17-24-20(23)18-6-8-19(9-7-18)22-14-11-21(10-4-2,12-15-22)13-16-22/h18-19H,3-17H2,1-2H3. The van der Waals surface area contributed by atoms with Crippen LogP contribution < -0.4 is 0 Å². The first-order valence-electron chi connectivity index (χ1n) is 10.8. The summed E-state index contributed by atoms with van der Waals surface area (Å²) in [4.78, 5) is 12.2. The molecule has 4 aliphatic carbocycles. The molecule has 0 aromatic carbocycles. The Hall–Kier alpha value is -0.530. The minimum atomic E-state index is 0.0913. The number of rotatable bonds is 7. The molecule has 0 N–H and O–H groups in total. The average molecular weight is 335 g/mol. The molecule has 0 saturated heterocycles. The molecule has 0 heterocycles. The highest BCUT2D eigenvalue weighted by molar-refractivity contribution is 5.72. The molecule has 24 heavy (non-hydrogen) atoms. The largest absolute Gasteiger partial charge is 0.465 e. The maximum absolute atomic E-state index is 12.2. The first kappa shape index (κ1) is 18.3. The SMILES string of the molecule is CCCCOC(=O)C1CCC(C23CCC(CCC)(CC2)CC3)CC1. The van der Waals surface area contributed by atoms with Crippen LogP contribution in [-0.4, -0.2) is 12.6 Å². The van der Waals surface area contributed by atoms with Gasteiger partial charge in [-0.3, -0.25) is 4.79 Å². The number of ether oxygens (including phenoxy) is 1. The van der Waals surface area contributed by atoms with Crippen LogP contribution in [0.5, 0.6) is 0 Å². The van der Waals surface area contributed by atoms with Crippen molar-refractivity contribution in [1.82, 2.24) is 0 Å². The van der Waals surface area contributed by atoms with E-state index in [0.29, 0.717) is 12.0 Å². The Balaban J connectivity index is 1.48. The second-order valence-electron chi connectivity index (χ2n) is 9.18. The molecule has 0 atom stereocenters. The molecule has 2 nitrogen and oxygen atoms in total. The molecule has 0 amide bonds. The van der Waals surface area contributed by atoms with Gasteiger partial charge in [0.2, 0.25) is 0 Å². The second-order valence-corrected chi connectivity index (χ2v) is 9.18. The van der Waals surface area contributed by atoms with Gasteiger partial charge in [-0.15, -0.1) is 0 Å². The molecule has 2 heteroatoms. The molecular formula is C22H38O2. The molecular weight excluding hydrogens is 296 g/mol. The minimum absolute atomic E-state index is 0.0913. The molecule has 0 aromatic rings. The minimum Gasteiger partial charge on any atom is -0.465 e. The Labute approximate surface area is 149 Å². The van der Waals surface area contributed by atoms with E-state index < -0.39 is 0 Å². The summed E-state index contributed by atoms with van der Waals surface area (Å²) >= 11 is 0. The molecule has 0 spiro atoms. The Kier molecular flexibility index (Phi) is 5.93. The summed E-state index contributed by atoms with van der Waals surface area (Å²) in [6.07, 6.45) is 18.5. The molecule has 138 valence electrons. The van der Waals surface area contributed by atoms with Gasteiger partial charge in [-0.1, -0.05) is 26.7 Å². The highest BCUT2D eigenvalue weighted by Gasteiger charge is 2.51. The van der Waals surface area contributed by atoms with Gasteiger partial charge in [0.05, 0.1) is 12.5 Å². The first-order valence-corrected chi connectivity index (χ1v) is 10.8. The van der Waals surface area contributed by atoms with Crippen LogP contribution in [0.3, 0.4) is 0 Å². The third-order valence-corrected chi connectivity index (χ3v) is 7.91. The van der Waals surface area contributed by atoms with E-state index in [2.05, 4.69) is 13.8 Å². The fourth-order valence-electron chi connectivity index (χ4n) is 6.19. The van der Waals surface area contributed by atoms with E-state index in [1.165, 1.54) is 64.2 Å². The van der Waals surface area contributed by atoms with E-state index in [4.69, 9.17) is 4.74 Å². The van der Waals surface area contributed by atoms with Crippen LogP contribution in [0.15, 0.2) is 0 Å². The van der Waals surface area contributed by atoms with Crippen LogP contribution in [-0.2, 0) is 9.53 Å². The maximum Gasteiger partial charge on any atom is 0.308 e. The number of hydrogen-bond donors (Lipinski definition) is 0. The molecule has 0 aliphatic heterocycles. The van der Waals surface area contributed by atoms with Crippen molar-refractivity contribution in [3.05, 3.63) is 0 Å². The van der Waals surface area contributed by atoms with Gasteiger partial charge in [0, 0.05) is 0 Å². The molecule has 4 fully saturated rings. The third-order valence-electron chi connectivity index (χ3n) is 7.91. The van der Waals surface area contributed by atoms with Crippen molar-refractivity contribution in [1.29, 1.82) is 0 Å². The van der Waals surface area contributed by atoms with Crippen molar-refractivity contribution in [2.24, 2.45) is 22.7 Å². The molecule has 4 saturated carbocycles. The number of esters is 1. The molecule has 2 bridgehead atoms. The lowest BCUT2D eigenvalue weighted by molar-refractivity contribution is -0.151. The zero-order valence-electron chi connectivity index (χ0n) is 16.1. The third kappa shape index (κ3) is 3.68. The van der Waals surface area contributed by atoms with E-state index >= 15 is 0 Å². The fourth-order valence-corrected chi connectivity index (χ4v) is 6.19. The van der Waals surface area contributed by atoms with E-state index in [-0.39, 0.29) is 11.9 Å². The Morgan fingerprint density at radius 1 is 0.917 bits per heavy atom. The molecule has 0 unspecified atom stereocenters. The lowest BCUT2D eigenvalue weighted by Crippen LogP contribution is -2.46. The summed E-state index contributed by atoms with van der Waals surface area (Å²) < 4.78 is 5.46. The summed E-state index contributed by atoms with van der Waals surface area (Å²) in [6, 6.07) is 0. The summed E-state index contributed by atoms with van der Waals surface area (Å²) in [7, 11) is 0. The van der Waals surface area contributed by atoms with Crippen LogP contribution in [0.1, 0.15) is 104 Å². The van der Waals surface area contributed by atoms with Gasteiger partial charge in [-0.05, 0) is 93.8 Å². The highest BCUT2D eigenvalue weighted by Crippen LogP contribution is 2.63. The van der Waals surface area contributed by atoms with E-state index in [1.54, 1.807) is 0 Å². The van der Waals surface area contributed by atoms with Gasteiger partial charge >= 0.3 is 5.97 Å². The summed E-state index contributed by atoms with van der Waals surface area (Å²) in [5.74, 6) is 1.17. The number of fused-ring (bicyclic) bond motifs is 3. The van der Waals surface area contributed by atoms with E-state index in [9.17, 15) is 4.79 Å². The second kappa shape index (κ2) is 7.79. The van der Waals surface area contributed by atoms with Gasteiger partial charge in [0.15, 0.2) is 0 Å². The summed E-state index contributed by atoms with van der Waals surface area (Å²) in [6.45, 7) is 5.12. The van der Waals surface area contributed by atoms with Crippen molar-refractivity contribution in [3.63, 3.8) is 0 Å². The Morgan fingerprint density at radius 3 is 2.08 bits per heavy atom. The quantitative estimate of drug-likeness (QED) is 0.405. The molecule has 4 rings (SSSR count). The highest BCUT2D eigenvalue weighted by atomic mass is 16.5. The Bertz CT molecular complexity index is 395. The monoisotopic (exact) mass is 334 g/mol. The lowest BCUT2D eigenvalue weighted by atomic mass is 9.48. The van der Waals surface area contributed by atoms with Crippen molar-refractivity contribution in [3.8, 4) is 0 Å². The maximum atomic E-state index is 12.2. The summed E-state index contributed by atoms with van der Waals surface area (Å²) in [5.41, 5.74) is 1.36. The van der Waals surface area contributed by atoms with Gasteiger partial charge in [0.25, 0.3) is 0 Å². The number of carbonyl (C=O) groups excluding carboxylic acids is 1.